The van der Waals surface area contributed by atoms with Crippen LogP contribution in [0, 0.1) is 0 Å². The van der Waals surface area contributed by atoms with E-state index >= 15 is 0 Å². The smallest absolute Gasteiger partial charge is 1.00 e. The minimum atomic E-state index is -0.851. The summed E-state index contributed by atoms with van der Waals surface area (Å²) in [6.45, 7) is 2.88. The first-order chi connectivity index (χ1) is 12.2. The number of hydrogen-bond donors (Lipinski definition) is 1. The van der Waals surface area contributed by atoms with Gasteiger partial charge in [-0.25, -0.2) is 4.79 Å². The molecular weight excluding hydrogens is 337 g/mol. The summed E-state index contributed by atoms with van der Waals surface area (Å²) < 4.78 is 0. The zero-order chi connectivity index (χ0) is 18.3. The molecule has 0 spiro atoms. The topological polar surface area (TPSA) is 57.6 Å². The minimum Gasteiger partial charge on any atom is -1.00 e. The van der Waals surface area contributed by atoms with Crippen molar-refractivity contribution in [3.8, 4) is 0 Å². The molecule has 1 heterocycles. The third-order valence-electron chi connectivity index (χ3n) is 5.35. The molecule has 1 aliphatic rings. The quantitative estimate of drug-likeness (QED) is 0.353. The molecule has 0 radical (unpaired) electrons. The summed E-state index contributed by atoms with van der Waals surface area (Å²) in [5, 5.41) is 9.12. The van der Waals surface area contributed by atoms with E-state index in [2.05, 4.69) is 6.92 Å². The summed E-state index contributed by atoms with van der Waals surface area (Å²) in [5.41, 5.74) is 0. The van der Waals surface area contributed by atoms with Crippen molar-refractivity contribution in [2.45, 2.75) is 116 Å². The number of amides is 1. The molecule has 1 rings (SSSR count). The van der Waals surface area contributed by atoms with Crippen molar-refractivity contribution in [1.82, 2.24) is 4.90 Å². The first-order valence-electron chi connectivity index (χ1n) is 10.7. The van der Waals surface area contributed by atoms with E-state index in [1.807, 2.05) is 0 Å². The molecule has 0 aromatic rings. The third-order valence-corrected chi connectivity index (χ3v) is 5.35. The molecule has 0 aromatic carbocycles. The van der Waals surface area contributed by atoms with Gasteiger partial charge in [-0.2, -0.15) is 0 Å². The fraction of sp³-hybridized carbons (Fsp3) is 0.905. The second-order valence-corrected chi connectivity index (χ2v) is 7.58. The fourth-order valence-corrected chi connectivity index (χ4v) is 3.76. The Balaban J connectivity index is 0. The first-order valence-corrected chi connectivity index (χ1v) is 10.7. The maximum atomic E-state index is 12.1. The second kappa shape index (κ2) is 17.1. The molecule has 1 amide bonds. The Morgan fingerprint density at radius 3 is 1.81 bits per heavy atom. The Morgan fingerprint density at radius 1 is 0.885 bits per heavy atom. The van der Waals surface area contributed by atoms with Gasteiger partial charge in [0.1, 0.15) is 6.04 Å². The van der Waals surface area contributed by atoms with Gasteiger partial charge in [-0.3, -0.25) is 4.79 Å². The van der Waals surface area contributed by atoms with E-state index in [1.54, 1.807) is 4.90 Å². The number of nitrogens with zero attached hydrogens (tertiary/aromatic N) is 1. The zero-order valence-corrected chi connectivity index (χ0v) is 19.3. The van der Waals surface area contributed by atoms with Crippen LogP contribution in [0.15, 0.2) is 0 Å². The van der Waals surface area contributed by atoms with E-state index in [0.717, 1.165) is 19.3 Å². The fourth-order valence-electron chi connectivity index (χ4n) is 3.76. The molecule has 0 bridgehead atoms. The summed E-state index contributed by atoms with van der Waals surface area (Å²) in [5.74, 6) is -0.816. The molecule has 1 fully saturated rings. The van der Waals surface area contributed by atoms with Gasteiger partial charge in [-0.1, -0.05) is 84.0 Å². The van der Waals surface area contributed by atoms with E-state index in [1.165, 1.54) is 70.6 Å². The Labute approximate surface area is 184 Å². The van der Waals surface area contributed by atoms with Gasteiger partial charge < -0.3 is 11.4 Å². The van der Waals surface area contributed by atoms with Gasteiger partial charge in [0.05, 0.1) is 0 Å². The molecule has 1 unspecified atom stereocenters. The molecule has 5 heteroatoms. The van der Waals surface area contributed by atoms with Crippen molar-refractivity contribution in [2.24, 2.45) is 0 Å². The van der Waals surface area contributed by atoms with Gasteiger partial charge in [-0.05, 0) is 19.3 Å². The predicted octanol–water partition coefficient (Wildman–Crippen LogP) is 2.66. The summed E-state index contributed by atoms with van der Waals surface area (Å²) in [6, 6.07) is -0.575. The molecule has 4 nitrogen and oxygen atoms in total. The Bertz CT molecular complexity index is 382. The van der Waals surface area contributed by atoms with Gasteiger partial charge in [0.2, 0.25) is 5.91 Å². The van der Waals surface area contributed by atoms with Crippen LogP contribution in [-0.4, -0.2) is 34.5 Å². The molecule has 0 aliphatic carbocycles. The van der Waals surface area contributed by atoms with Crippen molar-refractivity contribution in [2.75, 3.05) is 6.54 Å². The van der Waals surface area contributed by atoms with Gasteiger partial charge >= 0.3 is 35.5 Å². The number of carbonyl (C=O) groups is 2. The van der Waals surface area contributed by atoms with Crippen molar-refractivity contribution in [1.29, 1.82) is 0 Å². The minimum absolute atomic E-state index is 0. The molecule has 0 aromatic heterocycles. The van der Waals surface area contributed by atoms with Crippen LogP contribution >= 0.6 is 0 Å². The van der Waals surface area contributed by atoms with Crippen LogP contribution in [0.3, 0.4) is 0 Å². The molecule has 1 aliphatic heterocycles. The maximum absolute atomic E-state index is 12.1. The summed E-state index contributed by atoms with van der Waals surface area (Å²) in [7, 11) is 0. The maximum Gasteiger partial charge on any atom is 1.00 e. The number of unbranched alkanes of at least 4 members (excludes halogenated alkanes) is 12. The standard InChI is InChI=1S/C21H39NO3.Na.H/c1-2-3-4-5-6-7-8-9-10-11-12-13-14-17-20(23)22-18-15-16-19(22)21(24)25;;/h19H,2-18H2,1H3,(H,24,25);;/q;+1;-1. The molecule has 1 atom stereocenters. The van der Waals surface area contributed by atoms with Crippen molar-refractivity contribution >= 4 is 11.9 Å². The van der Waals surface area contributed by atoms with Crippen molar-refractivity contribution in [3.05, 3.63) is 0 Å². The number of carboxylic acids is 1. The molecule has 0 saturated carbocycles. The van der Waals surface area contributed by atoms with Gasteiger partial charge in [-0.15, -0.1) is 0 Å². The van der Waals surface area contributed by atoms with Gasteiger partial charge in [0.15, 0.2) is 0 Å². The second-order valence-electron chi connectivity index (χ2n) is 7.58. The summed E-state index contributed by atoms with van der Waals surface area (Å²) in [4.78, 5) is 24.8. The van der Waals surface area contributed by atoms with Crippen LogP contribution in [-0.2, 0) is 9.59 Å². The number of carboxylic acid groups (broad SMARTS) is 1. The molecule has 1 N–H and O–H groups in total. The monoisotopic (exact) mass is 377 g/mol. The van der Waals surface area contributed by atoms with Crippen LogP contribution in [0.2, 0.25) is 0 Å². The number of carbonyl (C=O) groups excluding carboxylic acids is 1. The van der Waals surface area contributed by atoms with Gasteiger partial charge in [0.25, 0.3) is 0 Å². The van der Waals surface area contributed by atoms with Crippen LogP contribution in [0.25, 0.3) is 0 Å². The Kier molecular flexibility index (Phi) is 17.0. The molecule has 148 valence electrons. The Hall–Kier alpha value is -0.0600. The van der Waals surface area contributed by atoms with Crippen LogP contribution in [0.1, 0.15) is 111 Å². The molecular formula is C21H40NNaO3. The van der Waals surface area contributed by atoms with E-state index in [9.17, 15) is 9.59 Å². The van der Waals surface area contributed by atoms with Crippen LogP contribution < -0.4 is 29.6 Å². The predicted molar refractivity (Wildman–Crippen MR) is 104 cm³/mol. The zero-order valence-electron chi connectivity index (χ0n) is 18.3. The summed E-state index contributed by atoms with van der Waals surface area (Å²) >= 11 is 0. The van der Waals surface area contributed by atoms with E-state index < -0.39 is 12.0 Å². The number of rotatable bonds is 15. The third kappa shape index (κ3) is 11.6. The Morgan fingerprint density at radius 2 is 1.35 bits per heavy atom. The average Bonchev–Trinajstić information content (AvgIpc) is 3.09. The van der Waals surface area contributed by atoms with Crippen LogP contribution in [0.5, 0.6) is 0 Å². The van der Waals surface area contributed by atoms with E-state index in [0.29, 0.717) is 19.4 Å². The number of aliphatic carboxylic acids is 1. The largest absolute Gasteiger partial charge is 1.00 e. The first kappa shape index (κ1) is 25.9. The SMILES string of the molecule is CCCCCCCCCCCCCCCC(=O)N1CCCC1C(=O)O.[H-].[Na+]. The van der Waals surface area contributed by atoms with E-state index in [4.69, 9.17) is 5.11 Å². The van der Waals surface area contributed by atoms with Gasteiger partial charge in [0, 0.05) is 13.0 Å². The molecule has 26 heavy (non-hydrogen) atoms. The van der Waals surface area contributed by atoms with Crippen molar-refractivity contribution in [3.63, 3.8) is 0 Å². The normalized spacial score (nSPS) is 16.5. The van der Waals surface area contributed by atoms with Crippen molar-refractivity contribution < 1.29 is 45.7 Å². The van der Waals surface area contributed by atoms with E-state index in [-0.39, 0.29) is 36.9 Å². The molecule has 1 saturated heterocycles. The number of hydrogen-bond acceptors (Lipinski definition) is 2. The number of likely N-dealkylation sites (tertiary alicyclic amines) is 1. The average molecular weight is 378 g/mol. The summed E-state index contributed by atoms with van der Waals surface area (Å²) in [6.07, 6.45) is 18.7. The van der Waals surface area contributed by atoms with Crippen LogP contribution in [0.4, 0.5) is 0 Å².